The van der Waals surface area contributed by atoms with E-state index in [0.717, 1.165) is 31.0 Å². The Labute approximate surface area is 394 Å². The third-order valence-electron chi connectivity index (χ3n) is 11.2. The Balaban J connectivity index is 0.000000185. The van der Waals surface area contributed by atoms with Crippen molar-refractivity contribution in [2.24, 2.45) is 5.92 Å². The fourth-order valence-corrected chi connectivity index (χ4v) is 8.38. The van der Waals surface area contributed by atoms with Crippen LogP contribution >= 0.6 is 0 Å². The number of ether oxygens (including phenoxy) is 15. The average Bonchev–Trinajstić information content (AvgIpc) is 4.13. The van der Waals surface area contributed by atoms with Crippen LogP contribution in [0.3, 0.4) is 0 Å². The summed E-state index contributed by atoms with van der Waals surface area (Å²) < 4.78 is 82.5. The van der Waals surface area contributed by atoms with Gasteiger partial charge in [0.05, 0.1) is 19.8 Å². The van der Waals surface area contributed by atoms with Crippen molar-refractivity contribution >= 4 is 18.4 Å². The number of aldehydes is 1. The zero-order valence-electron chi connectivity index (χ0n) is 41.4. The predicted octanol–water partition coefficient (Wildman–Crippen LogP) is 5.23. The molecule has 0 bridgehead atoms. The molecule has 20 nitrogen and oxygen atoms in total. The molecule has 0 aromatic rings. The van der Waals surface area contributed by atoms with Gasteiger partial charge in [0.2, 0.25) is 6.29 Å². The van der Waals surface area contributed by atoms with E-state index in [4.69, 9.17) is 75.9 Å². The Kier molecular flexibility index (Phi) is 20.0. The van der Waals surface area contributed by atoms with Crippen LogP contribution in [0.4, 0.5) is 0 Å². The van der Waals surface area contributed by atoms with Crippen LogP contribution in [-0.2, 0) is 90.2 Å². The Hall–Kier alpha value is -3.02. The zero-order chi connectivity index (χ0) is 50.1. The molecule has 0 aromatic heterocycles. The number of carbonyl (C=O) groups is 2. The van der Waals surface area contributed by atoms with Crippen LogP contribution in [0.1, 0.15) is 116 Å². The van der Waals surface area contributed by atoms with Gasteiger partial charge in [-0.15, -0.1) is 0 Å². The average molecular weight is 959 g/mol. The Morgan fingerprint density at radius 3 is 1.81 bits per heavy atom. The first-order valence-electron chi connectivity index (χ1n) is 22.8. The number of hydrogen-bond donors (Lipinski definition) is 1. The van der Waals surface area contributed by atoms with Gasteiger partial charge in [0.25, 0.3) is 0 Å². The first kappa shape index (κ1) is 56.6. The summed E-state index contributed by atoms with van der Waals surface area (Å²) in [6.45, 7) is 28.3. The Morgan fingerprint density at radius 2 is 1.33 bits per heavy atom. The summed E-state index contributed by atoms with van der Waals surface area (Å²) in [5.74, 6) is -2.40. The summed E-state index contributed by atoms with van der Waals surface area (Å²) in [6.07, 6.45) is 9.20. The van der Waals surface area contributed by atoms with E-state index < -0.39 is 59.5 Å². The van der Waals surface area contributed by atoms with E-state index in [-0.39, 0.29) is 61.5 Å². The van der Waals surface area contributed by atoms with Gasteiger partial charge in [0.15, 0.2) is 47.8 Å². The maximum absolute atomic E-state index is 10.6. The second-order valence-electron chi connectivity index (χ2n) is 19.1. The molecule has 382 valence electrons. The Morgan fingerprint density at radius 1 is 0.776 bits per heavy atom. The summed E-state index contributed by atoms with van der Waals surface area (Å²) in [5, 5.41) is 10.3. The number of hydrogen-bond acceptors (Lipinski definition) is 20. The standard InChI is InChI=1S/C12H20O6.C11H20O3.C10H14O3.C9H14O4.C4H6O2.CO2/c1-11(2)14-5-6(16-11)8-7(13)9-10(15-8)18-12(3,4)17-9;1-4-5-6-8-7-9-10(12-8)14-11(2,3)13-9;1-4-5-7-6-8-9(11-7)13-10(2,3)12-8;1-5-6(4-10)11-8-7(5)12-9(2,3)13-8;1-3-4(5)6-2;2-1-3/h6-10,13H,5H2,1-4H3;8-10H,4-7H2,1-3H3;4-6,8-9H,1-3H3;4-8H,1-3H3;3H,1H2,2H3;/b;;5-4+;;;/t6?,7-,8+,9+,10+;8-,9+,10+;8-,9-;5-,6+,7+,8+;;/m0010../s1. The molecule has 0 radical (unpaired) electrons. The molecule has 9 aliphatic heterocycles. The number of unbranched alkanes of at least 4 members (excludes halogenated alkanes) is 1. The van der Waals surface area contributed by atoms with E-state index in [0.29, 0.717) is 12.7 Å². The lowest BCUT2D eigenvalue weighted by atomic mass is 10.0. The maximum Gasteiger partial charge on any atom is 0.373 e. The van der Waals surface area contributed by atoms with Crippen LogP contribution in [0.25, 0.3) is 0 Å². The molecule has 0 saturated carbocycles. The van der Waals surface area contributed by atoms with Crippen molar-refractivity contribution in [1.29, 1.82) is 0 Å². The molecule has 0 spiro atoms. The van der Waals surface area contributed by atoms with Gasteiger partial charge < -0.3 is 81.0 Å². The van der Waals surface area contributed by atoms with Crippen LogP contribution in [0.2, 0.25) is 0 Å². The van der Waals surface area contributed by atoms with Crippen molar-refractivity contribution in [3.63, 3.8) is 0 Å². The number of rotatable bonds is 7. The lowest BCUT2D eigenvalue weighted by Crippen LogP contribution is -2.42. The van der Waals surface area contributed by atoms with E-state index in [1.54, 1.807) is 13.8 Å². The fourth-order valence-electron chi connectivity index (χ4n) is 8.38. The van der Waals surface area contributed by atoms with Gasteiger partial charge in [0.1, 0.15) is 60.9 Å². The van der Waals surface area contributed by atoms with Crippen molar-refractivity contribution in [3.8, 4) is 0 Å². The van der Waals surface area contributed by atoms with Crippen LogP contribution in [0, 0.1) is 5.92 Å². The van der Waals surface area contributed by atoms with E-state index in [9.17, 15) is 14.7 Å². The molecule has 0 aliphatic carbocycles. The lowest BCUT2D eigenvalue weighted by Gasteiger charge is -2.26. The monoisotopic (exact) mass is 958 g/mol. The zero-order valence-corrected chi connectivity index (χ0v) is 41.4. The minimum atomic E-state index is -0.765. The molecule has 20 heteroatoms. The number of aliphatic hydroxyl groups excluding tert-OH is 1. The first-order valence-corrected chi connectivity index (χ1v) is 22.8. The van der Waals surface area contributed by atoms with Gasteiger partial charge >= 0.3 is 12.1 Å². The second kappa shape index (κ2) is 23.7. The highest BCUT2D eigenvalue weighted by Crippen LogP contribution is 2.42. The highest BCUT2D eigenvalue weighted by atomic mass is 16.9. The topological polar surface area (TPSA) is 227 Å². The molecule has 0 amide bonds. The lowest BCUT2D eigenvalue weighted by molar-refractivity contribution is -0.232. The van der Waals surface area contributed by atoms with Gasteiger partial charge in [-0.05, 0) is 94.7 Å². The van der Waals surface area contributed by atoms with Gasteiger partial charge in [0, 0.05) is 18.4 Å². The molecule has 9 aliphatic rings. The SMILES string of the molecule is C/C=C/C1=C[C@H]2OC(C)(C)O[C@H]2O1.C=CC(=O)OC.CC1(C)OCC([C@H]2O[C@@H]3OC(C)(C)O[C@@H]3[C@H]2O)O1.CCCC[C@H]1C[C@H]2OC(C)(C)O[C@H]2O1.C[C@@H]1[C@H]2OC(C)(C)O[C@H]2O[C@@H]1C=O.O=C=O. The normalized spacial score (nSPS) is 38.6. The number of carbonyl (C=O) groups excluding carboxylic acids is 4. The van der Waals surface area contributed by atoms with E-state index >= 15 is 0 Å². The molecule has 14 atom stereocenters. The smallest absolute Gasteiger partial charge is 0.373 e. The summed E-state index contributed by atoms with van der Waals surface area (Å²) in [7, 11) is 1.31. The number of allylic oxidation sites excluding steroid dienone is 2. The largest absolute Gasteiger partial charge is 0.466 e. The van der Waals surface area contributed by atoms with Crippen molar-refractivity contribution in [3.05, 3.63) is 36.6 Å². The number of fused-ring (bicyclic) bond motifs is 4. The molecular weight excluding hydrogens is 884 g/mol. The number of esters is 1. The predicted molar refractivity (Wildman–Crippen MR) is 231 cm³/mol. The molecular formula is C47H74O20. The highest BCUT2D eigenvalue weighted by Gasteiger charge is 2.58. The summed E-state index contributed by atoms with van der Waals surface area (Å²) in [4.78, 5) is 36.7. The van der Waals surface area contributed by atoms with Crippen molar-refractivity contribution in [1.82, 2.24) is 0 Å². The van der Waals surface area contributed by atoms with Gasteiger partial charge in [-0.25, -0.2) is 4.79 Å². The third kappa shape index (κ3) is 16.0. The minimum Gasteiger partial charge on any atom is -0.466 e. The molecule has 8 saturated heterocycles. The van der Waals surface area contributed by atoms with Crippen LogP contribution in [0.5, 0.6) is 0 Å². The fraction of sp³-hybridized carbons (Fsp3) is 0.809. The molecule has 8 fully saturated rings. The second-order valence-corrected chi connectivity index (χ2v) is 19.1. The van der Waals surface area contributed by atoms with Crippen LogP contribution in [0.15, 0.2) is 36.6 Å². The highest BCUT2D eigenvalue weighted by molar-refractivity contribution is 5.80. The summed E-state index contributed by atoms with van der Waals surface area (Å²) >= 11 is 0. The van der Waals surface area contributed by atoms with Crippen LogP contribution in [-0.4, -0.2) is 146 Å². The van der Waals surface area contributed by atoms with E-state index in [1.165, 1.54) is 20.0 Å². The Bertz CT molecular complexity index is 1700. The minimum absolute atomic E-state index is 0.0544. The molecule has 9 rings (SSSR count). The van der Waals surface area contributed by atoms with Crippen LogP contribution < -0.4 is 0 Å². The van der Waals surface area contributed by atoms with Crippen molar-refractivity contribution in [2.45, 2.75) is 225 Å². The van der Waals surface area contributed by atoms with E-state index in [2.05, 4.69) is 18.2 Å². The molecule has 1 N–H and O–H groups in total. The molecule has 9 heterocycles. The van der Waals surface area contributed by atoms with Crippen molar-refractivity contribution in [2.75, 3.05) is 13.7 Å². The third-order valence-corrected chi connectivity index (χ3v) is 11.2. The molecule has 1 unspecified atom stereocenters. The maximum atomic E-state index is 10.6. The van der Waals surface area contributed by atoms with E-state index in [1.807, 2.05) is 87.5 Å². The van der Waals surface area contributed by atoms with Gasteiger partial charge in [-0.2, -0.15) is 9.59 Å². The summed E-state index contributed by atoms with van der Waals surface area (Å²) in [5.41, 5.74) is 0. The summed E-state index contributed by atoms with van der Waals surface area (Å²) in [6, 6.07) is 0. The first-order chi connectivity index (χ1) is 31.2. The molecule has 67 heavy (non-hydrogen) atoms. The van der Waals surface area contributed by atoms with Crippen molar-refractivity contribution < 1.29 is 95.3 Å². The van der Waals surface area contributed by atoms with Gasteiger partial charge in [-0.3, -0.25) is 0 Å². The number of methoxy groups -OCH3 is 1. The van der Waals surface area contributed by atoms with Gasteiger partial charge in [-0.1, -0.05) is 39.3 Å². The molecule has 0 aromatic carbocycles. The number of aliphatic hydroxyl groups is 1. The quantitative estimate of drug-likeness (QED) is 0.196.